The number of nitrogens with two attached hydrogens (primary N) is 1. The van der Waals surface area contributed by atoms with E-state index in [0.717, 1.165) is 18.9 Å². The highest BCUT2D eigenvalue weighted by Crippen LogP contribution is 2.29. The lowest BCUT2D eigenvalue weighted by Crippen LogP contribution is -2.52. The van der Waals surface area contributed by atoms with Crippen molar-refractivity contribution in [3.8, 4) is 0 Å². The molecule has 0 saturated carbocycles. The average Bonchev–Trinajstić information content (AvgIpc) is 2.77. The average molecular weight is 512 g/mol. The van der Waals surface area contributed by atoms with Crippen molar-refractivity contribution in [2.24, 2.45) is 11.1 Å². The van der Waals surface area contributed by atoms with Gasteiger partial charge in [-0.3, -0.25) is 9.59 Å². The van der Waals surface area contributed by atoms with Gasteiger partial charge < -0.3 is 10.2 Å². The van der Waals surface area contributed by atoms with Crippen LogP contribution in [0.25, 0.3) is 0 Å². The normalized spacial score (nSPS) is 16.0. The minimum atomic E-state index is -4.09. The molecule has 33 heavy (non-hydrogen) atoms. The van der Waals surface area contributed by atoms with Crippen molar-refractivity contribution in [1.82, 2.24) is 10.2 Å². The van der Waals surface area contributed by atoms with Crippen LogP contribution in [-0.4, -0.2) is 44.3 Å². The monoisotopic (exact) mass is 511 g/mol. The third-order valence-electron chi connectivity index (χ3n) is 5.87. The first-order valence-electron chi connectivity index (χ1n) is 10.6. The van der Waals surface area contributed by atoms with E-state index in [4.69, 9.17) is 28.3 Å². The lowest BCUT2D eigenvalue weighted by molar-refractivity contribution is -0.135. The summed E-state index contributed by atoms with van der Waals surface area (Å²) in [5.41, 5.74) is 1.26. The Morgan fingerprint density at radius 2 is 1.67 bits per heavy atom. The molecule has 2 aromatic rings. The van der Waals surface area contributed by atoms with Gasteiger partial charge in [0.05, 0.1) is 5.02 Å². The smallest absolute Gasteiger partial charge is 0.251 e. The number of carbonyl (C=O) groups excluding carboxylic acids is 2. The maximum absolute atomic E-state index is 13.2. The molecule has 7 nitrogen and oxygen atoms in total. The third-order valence-corrected chi connectivity index (χ3v) is 7.51. The quantitative estimate of drug-likeness (QED) is 0.614. The van der Waals surface area contributed by atoms with Crippen molar-refractivity contribution in [3.05, 3.63) is 63.6 Å². The fraction of sp³-hybridized carbons (Fsp3) is 0.391. The zero-order valence-electron chi connectivity index (χ0n) is 18.4. The molecule has 2 aromatic carbocycles. The summed E-state index contributed by atoms with van der Waals surface area (Å²) in [5.74, 6) is -0.544. The second-order valence-corrected chi connectivity index (χ2v) is 10.9. The van der Waals surface area contributed by atoms with Crippen molar-refractivity contribution in [2.75, 3.05) is 13.1 Å². The van der Waals surface area contributed by atoms with E-state index < -0.39 is 22.0 Å². The van der Waals surface area contributed by atoms with Crippen LogP contribution < -0.4 is 10.5 Å². The minimum Gasteiger partial charge on any atom is -0.341 e. The first-order chi connectivity index (χ1) is 15.5. The van der Waals surface area contributed by atoms with Crippen LogP contribution in [0.3, 0.4) is 0 Å². The van der Waals surface area contributed by atoms with Gasteiger partial charge in [0, 0.05) is 23.7 Å². The highest BCUT2D eigenvalue weighted by atomic mass is 35.5. The van der Waals surface area contributed by atoms with Crippen molar-refractivity contribution in [1.29, 1.82) is 0 Å². The fourth-order valence-corrected chi connectivity index (χ4v) is 5.16. The maximum atomic E-state index is 13.2. The molecule has 3 N–H and O–H groups in total. The number of nitrogens with zero attached hydrogens (tertiary/aromatic N) is 1. The number of benzene rings is 2. The van der Waals surface area contributed by atoms with Crippen LogP contribution in [0.5, 0.6) is 0 Å². The first kappa shape index (κ1) is 25.5. The Hall–Kier alpha value is -2.13. The predicted octanol–water partition coefficient (Wildman–Crippen LogP) is 3.80. The van der Waals surface area contributed by atoms with E-state index >= 15 is 0 Å². The Morgan fingerprint density at radius 3 is 2.21 bits per heavy atom. The van der Waals surface area contributed by atoms with Crippen LogP contribution in [0.1, 0.15) is 48.5 Å². The molecule has 10 heteroatoms. The molecule has 1 heterocycles. The van der Waals surface area contributed by atoms with Crippen LogP contribution >= 0.6 is 23.2 Å². The topological polar surface area (TPSA) is 110 Å². The molecule has 0 radical (unpaired) electrons. The number of hydrogen-bond donors (Lipinski definition) is 2. The van der Waals surface area contributed by atoms with E-state index in [1.54, 1.807) is 4.90 Å². The molecule has 1 aliphatic heterocycles. The zero-order chi connectivity index (χ0) is 24.3. The second-order valence-electron chi connectivity index (χ2n) is 8.54. The number of rotatable bonds is 6. The number of likely N-dealkylation sites (tertiary alicyclic amines) is 1. The summed E-state index contributed by atoms with van der Waals surface area (Å²) in [4.78, 5) is 27.5. The number of piperidine rings is 1. The summed E-state index contributed by atoms with van der Waals surface area (Å²) in [6, 6.07) is 10.8. The molecule has 0 aliphatic carbocycles. The zero-order valence-corrected chi connectivity index (χ0v) is 20.8. The van der Waals surface area contributed by atoms with Crippen LogP contribution in [0.4, 0.5) is 0 Å². The molecule has 0 unspecified atom stereocenters. The Kier molecular flexibility index (Phi) is 8.05. The van der Waals surface area contributed by atoms with Gasteiger partial charge in [-0.2, -0.15) is 0 Å². The molecule has 2 amide bonds. The molecule has 0 aromatic heterocycles. The van der Waals surface area contributed by atoms with Crippen LogP contribution in [0, 0.1) is 5.92 Å². The van der Waals surface area contributed by atoms with Gasteiger partial charge in [0.25, 0.3) is 5.91 Å². The number of sulfonamides is 1. The summed E-state index contributed by atoms with van der Waals surface area (Å²) < 4.78 is 23.4. The summed E-state index contributed by atoms with van der Waals surface area (Å²) in [6.45, 7) is 4.87. The van der Waals surface area contributed by atoms with Gasteiger partial charge in [-0.15, -0.1) is 0 Å². The summed E-state index contributed by atoms with van der Waals surface area (Å²) in [6.07, 6.45) is 1.64. The van der Waals surface area contributed by atoms with Gasteiger partial charge in [0.1, 0.15) is 10.9 Å². The number of hydrogen-bond acceptors (Lipinski definition) is 4. The summed E-state index contributed by atoms with van der Waals surface area (Å²) >= 11 is 11.9. The first-order valence-corrected chi connectivity index (χ1v) is 12.9. The van der Waals surface area contributed by atoms with Crippen LogP contribution in [-0.2, 0) is 14.8 Å². The molecule has 1 aliphatic rings. The largest absolute Gasteiger partial charge is 0.341 e. The fourth-order valence-electron chi connectivity index (χ4n) is 3.97. The summed E-state index contributed by atoms with van der Waals surface area (Å²) in [5, 5.41) is 8.54. The van der Waals surface area contributed by atoms with Crippen molar-refractivity contribution in [2.45, 2.75) is 43.5 Å². The van der Waals surface area contributed by atoms with Gasteiger partial charge >= 0.3 is 0 Å². The predicted molar refractivity (Wildman–Crippen MR) is 129 cm³/mol. The summed E-state index contributed by atoms with van der Waals surface area (Å²) in [7, 11) is -4.09. The van der Waals surface area contributed by atoms with Gasteiger partial charge in [-0.1, -0.05) is 49.2 Å². The third kappa shape index (κ3) is 6.26. The van der Waals surface area contributed by atoms with E-state index in [1.807, 2.05) is 38.1 Å². The lowest BCUT2D eigenvalue weighted by Gasteiger charge is -2.35. The Balaban J connectivity index is 1.69. The number of nitrogens with one attached hydrogen (secondary N) is 1. The molecule has 3 rings (SSSR count). The number of carbonyl (C=O) groups is 2. The Morgan fingerprint density at radius 1 is 1.06 bits per heavy atom. The number of primary sulfonamides is 1. The van der Waals surface area contributed by atoms with Gasteiger partial charge in [-0.25, -0.2) is 13.6 Å². The highest BCUT2D eigenvalue weighted by molar-refractivity contribution is 7.89. The van der Waals surface area contributed by atoms with E-state index in [2.05, 4.69) is 5.32 Å². The lowest BCUT2D eigenvalue weighted by atomic mass is 9.89. The van der Waals surface area contributed by atoms with Gasteiger partial charge in [0.2, 0.25) is 15.9 Å². The molecule has 1 fully saturated rings. The van der Waals surface area contributed by atoms with E-state index in [1.165, 1.54) is 17.7 Å². The molecular weight excluding hydrogens is 485 g/mol. The SMILES string of the molecule is CC(C)[C@@H](NC(=O)c1ccc(Cl)c(S(N)(=O)=O)c1)C(=O)N1CCC(c2ccc(Cl)cc2)CC1. The highest BCUT2D eigenvalue weighted by Gasteiger charge is 2.32. The molecule has 178 valence electrons. The Labute approximate surface area is 204 Å². The van der Waals surface area contributed by atoms with E-state index in [0.29, 0.717) is 24.0 Å². The number of halogens is 2. The van der Waals surface area contributed by atoms with Gasteiger partial charge in [0.15, 0.2) is 0 Å². The van der Waals surface area contributed by atoms with Crippen molar-refractivity contribution < 1.29 is 18.0 Å². The maximum Gasteiger partial charge on any atom is 0.251 e. The minimum absolute atomic E-state index is 0.0586. The van der Waals surface area contributed by atoms with E-state index in [-0.39, 0.29) is 27.3 Å². The second kappa shape index (κ2) is 10.4. The molecule has 1 saturated heterocycles. The van der Waals surface area contributed by atoms with Crippen molar-refractivity contribution in [3.63, 3.8) is 0 Å². The standard InChI is InChI=1S/C23H27Cl2N3O4S/c1-14(2)21(27-22(29)17-5-8-19(25)20(13-17)33(26,31)32)23(30)28-11-9-16(10-12-28)15-3-6-18(24)7-4-15/h3-8,13-14,16,21H,9-12H2,1-2H3,(H,27,29)(H2,26,31,32)/t21-/m1/s1. The molecule has 0 spiro atoms. The molecule has 0 bridgehead atoms. The van der Waals surface area contributed by atoms with E-state index in [9.17, 15) is 18.0 Å². The molecular formula is C23H27Cl2N3O4S. The Bertz CT molecular complexity index is 1130. The molecule has 1 atom stereocenters. The van der Waals surface area contributed by atoms with Crippen LogP contribution in [0.2, 0.25) is 10.0 Å². The van der Waals surface area contributed by atoms with Gasteiger partial charge in [-0.05, 0) is 60.6 Å². The number of amides is 2. The van der Waals surface area contributed by atoms with Crippen molar-refractivity contribution >= 4 is 45.0 Å². The van der Waals surface area contributed by atoms with Crippen LogP contribution in [0.15, 0.2) is 47.4 Å².